The summed E-state index contributed by atoms with van der Waals surface area (Å²) < 4.78 is 1.68. The summed E-state index contributed by atoms with van der Waals surface area (Å²) in [6.45, 7) is 0.743. The van der Waals surface area contributed by atoms with Crippen molar-refractivity contribution in [3.05, 3.63) is 65.7 Å². The van der Waals surface area contributed by atoms with E-state index < -0.39 is 0 Å². The average molecular weight is 336 g/mol. The molecule has 1 N–H and O–H groups in total. The zero-order valence-corrected chi connectivity index (χ0v) is 13.8. The van der Waals surface area contributed by atoms with E-state index in [4.69, 9.17) is 5.26 Å². The van der Waals surface area contributed by atoms with Crippen molar-refractivity contribution < 1.29 is 0 Å². The highest BCUT2D eigenvalue weighted by Gasteiger charge is 2.07. The molecule has 0 aliphatic rings. The average Bonchev–Trinajstić information content (AvgIpc) is 3.11. The minimum atomic E-state index is 0.624. The molecular formula is C17H16N6S. The van der Waals surface area contributed by atoms with E-state index >= 15 is 0 Å². The smallest absolute Gasteiger partial charge is 0.247 e. The van der Waals surface area contributed by atoms with Gasteiger partial charge in [-0.3, -0.25) is 0 Å². The molecule has 0 radical (unpaired) electrons. The standard InChI is InChI=1S/C17H16N6S/c18-12-14-6-4-5-7-15(14)13-24-11-10-19-17-20-21-22-23(17)16-8-2-1-3-9-16/h1-9H,10-11,13H2,(H,19,20,22). The lowest BCUT2D eigenvalue weighted by molar-refractivity contribution is 0.790. The first-order chi connectivity index (χ1) is 11.9. The summed E-state index contributed by atoms with van der Waals surface area (Å²) in [5.74, 6) is 2.33. The topological polar surface area (TPSA) is 79.4 Å². The molecule has 1 heterocycles. The molecule has 24 heavy (non-hydrogen) atoms. The summed E-state index contributed by atoms with van der Waals surface area (Å²) in [5, 5.41) is 24.1. The predicted octanol–water partition coefficient (Wildman–Crippen LogP) is 2.88. The number of nitrogens with one attached hydrogen (secondary N) is 1. The van der Waals surface area contributed by atoms with Crippen LogP contribution in [0, 0.1) is 11.3 Å². The van der Waals surface area contributed by atoms with Crippen molar-refractivity contribution in [3.63, 3.8) is 0 Å². The van der Waals surface area contributed by atoms with Crippen LogP contribution >= 0.6 is 11.8 Å². The second kappa shape index (κ2) is 8.13. The molecule has 0 unspecified atom stereocenters. The maximum Gasteiger partial charge on any atom is 0.247 e. The van der Waals surface area contributed by atoms with Crippen LogP contribution in [-0.4, -0.2) is 32.5 Å². The Morgan fingerprint density at radius 2 is 1.88 bits per heavy atom. The Balaban J connectivity index is 1.50. The van der Waals surface area contributed by atoms with Gasteiger partial charge in [-0.2, -0.15) is 21.7 Å². The quantitative estimate of drug-likeness (QED) is 0.668. The molecule has 3 rings (SSSR count). The number of aromatic nitrogens is 4. The number of anilines is 1. The predicted molar refractivity (Wildman–Crippen MR) is 95.0 cm³/mol. The lowest BCUT2D eigenvalue weighted by Crippen LogP contribution is -2.10. The Labute approximate surface area is 144 Å². The van der Waals surface area contributed by atoms with Gasteiger partial charge in [0.25, 0.3) is 0 Å². The van der Waals surface area contributed by atoms with Gasteiger partial charge >= 0.3 is 0 Å². The van der Waals surface area contributed by atoms with E-state index in [9.17, 15) is 0 Å². The van der Waals surface area contributed by atoms with Crippen molar-refractivity contribution in [2.24, 2.45) is 0 Å². The van der Waals surface area contributed by atoms with E-state index in [1.54, 1.807) is 16.4 Å². The molecule has 0 spiro atoms. The van der Waals surface area contributed by atoms with Crippen molar-refractivity contribution in [2.75, 3.05) is 17.6 Å². The minimum Gasteiger partial charge on any atom is -0.352 e. The summed E-state index contributed by atoms with van der Waals surface area (Å²) in [6, 6.07) is 19.7. The molecule has 0 atom stereocenters. The zero-order valence-electron chi connectivity index (χ0n) is 13.0. The van der Waals surface area contributed by atoms with Crippen LogP contribution in [0.3, 0.4) is 0 Å². The molecule has 1 aromatic heterocycles. The van der Waals surface area contributed by atoms with E-state index in [2.05, 4.69) is 26.9 Å². The van der Waals surface area contributed by atoms with Crippen molar-refractivity contribution in [1.29, 1.82) is 5.26 Å². The van der Waals surface area contributed by atoms with Gasteiger partial charge in [-0.25, -0.2) is 0 Å². The molecule has 3 aromatic rings. The third-order valence-electron chi connectivity index (χ3n) is 3.40. The summed E-state index contributed by atoms with van der Waals surface area (Å²) in [7, 11) is 0. The monoisotopic (exact) mass is 336 g/mol. The second-order valence-electron chi connectivity index (χ2n) is 5.00. The second-order valence-corrected chi connectivity index (χ2v) is 6.10. The molecule has 6 nitrogen and oxygen atoms in total. The maximum absolute atomic E-state index is 9.09. The van der Waals surface area contributed by atoms with E-state index in [1.165, 1.54) is 0 Å². The first kappa shape index (κ1) is 16.0. The van der Waals surface area contributed by atoms with Crippen molar-refractivity contribution in [1.82, 2.24) is 20.2 Å². The van der Waals surface area contributed by atoms with E-state index in [0.717, 1.165) is 34.9 Å². The Hall–Kier alpha value is -2.85. The zero-order chi connectivity index (χ0) is 16.6. The Morgan fingerprint density at radius 3 is 2.71 bits per heavy atom. The van der Waals surface area contributed by atoms with E-state index in [1.807, 2.05) is 54.6 Å². The number of hydrogen-bond acceptors (Lipinski definition) is 6. The van der Waals surface area contributed by atoms with Gasteiger partial charge in [-0.1, -0.05) is 41.5 Å². The molecule has 0 saturated carbocycles. The molecule has 120 valence electrons. The lowest BCUT2D eigenvalue weighted by Gasteiger charge is -2.07. The van der Waals surface area contributed by atoms with E-state index in [-0.39, 0.29) is 0 Å². The first-order valence-electron chi connectivity index (χ1n) is 7.52. The van der Waals surface area contributed by atoms with Gasteiger partial charge in [-0.15, -0.1) is 0 Å². The van der Waals surface area contributed by atoms with Gasteiger partial charge in [0.15, 0.2) is 0 Å². The van der Waals surface area contributed by atoms with Crippen molar-refractivity contribution >= 4 is 17.7 Å². The number of rotatable bonds is 7. The van der Waals surface area contributed by atoms with Crippen LogP contribution in [0.15, 0.2) is 54.6 Å². The Morgan fingerprint density at radius 1 is 1.08 bits per heavy atom. The highest BCUT2D eigenvalue weighted by Crippen LogP contribution is 2.16. The molecular weight excluding hydrogens is 320 g/mol. The molecule has 2 aromatic carbocycles. The first-order valence-corrected chi connectivity index (χ1v) is 8.67. The number of hydrogen-bond donors (Lipinski definition) is 1. The normalized spacial score (nSPS) is 10.3. The lowest BCUT2D eigenvalue weighted by atomic mass is 10.1. The highest BCUT2D eigenvalue weighted by molar-refractivity contribution is 7.98. The van der Waals surface area contributed by atoms with Crippen LogP contribution in [0.2, 0.25) is 0 Å². The number of para-hydroxylation sites is 1. The SMILES string of the molecule is N#Cc1ccccc1CSCCNc1nnnn1-c1ccccc1. The Kier molecular flexibility index (Phi) is 5.43. The third-order valence-corrected chi connectivity index (χ3v) is 4.40. The fraction of sp³-hybridized carbons (Fsp3) is 0.176. The minimum absolute atomic E-state index is 0.624. The summed E-state index contributed by atoms with van der Waals surface area (Å²) >= 11 is 1.77. The number of nitriles is 1. The van der Waals surface area contributed by atoms with Crippen LogP contribution in [0.4, 0.5) is 5.95 Å². The fourth-order valence-corrected chi connectivity index (χ4v) is 3.08. The van der Waals surface area contributed by atoms with Gasteiger partial charge in [-0.05, 0) is 34.2 Å². The van der Waals surface area contributed by atoms with Gasteiger partial charge in [0.2, 0.25) is 5.95 Å². The summed E-state index contributed by atoms with van der Waals surface area (Å²) in [5.41, 5.74) is 2.73. The van der Waals surface area contributed by atoms with Gasteiger partial charge < -0.3 is 5.32 Å². The van der Waals surface area contributed by atoms with Crippen LogP contribution in [0.5, 0.6) is 0 Å². The number of benzene rings is 2. The fourth-order valence-electron chi connectivity index (χ4n) is 2.21. The van der Waals surface area contributed by atoms with Gasteiger partial charge in [0.05, 0.1) is 17.3 Å². The molecule has 0 bridgehead atoms. The van der Waals surface area contributed by atoms with Gasteiger partial charge in [0.1, 0.15) is 0 Å². The van der Waals surface area contributed by atoms with Crippen LogP contribution < -0.4 is 5.32 Å². The summed E-state index contributed by atoms with van der Waals surface area (Å²) in [4.78, 5) is 0. The Bertz CT molecular complexity index is 824. The van der Waals surface area contributed by atoms with Crippen LogP contribution in [0.25, 0.3) is 5.69 Å². The number of nitrogens with zero attached hydrogens (tertiary/aromatic N) is 5. The van der Waals surface area contributed by atoms with Crippen LogP contribution in [-0.2, 0) is 5.75 Å². The number of thioether (sulfide) groups is 1. The third kappa shape index (κ3) is 3.91. The molecule has 7 heteroatoms. The molecule has 0 amide bonds. The molecule has 0 saturated heterocycles. The van der Waals surface area contributed by atoms with Crippen molar-refractivity contribution in [2.45, 2.75) is 5.75 Å². The molecule has 0 aliphatic carbocycles. The largest absolute Gasteiger partial charge is 0.352 e. The van der Waals surface area contributed by atoms with Crippen molar-refractivity contribution in [3.8, 4) is 11.8 Å². The van der Waals surface area contributed by atoms with E-state index in [0.29, 0.717) is 5.95 Å². The van der Waals surface area contributed by atoms with Gasteiger partial charge in [0, 0.05) is 18.1 Å². The summed E-state index contributed by atoms with van der Waals surface area (Å²) in [6.07, 6.45) is 0. The van der Waals surface area contributed by atoms with Crippen LogP contribution in [0.1, 0.15) is 11.1 Å². The highest BCUT2D eigenvalue weighted by atomic mass is 32.2. The molecule has 0 fully saturated rings. The maximum atomic E-state index is 9.09. The molecule has 0 aliphatic heterocycles. The number of tetrazole rings is 1.